The monoisotopic (exact) mass is 384 g/mol. The summed E-state index contributed by atoms with van der Waals surface area (Å²) in [7, 11) is 0. The van der Waals surface area contributed by atoms with E-state index in [2.05, 4.69) is 15.7 Å². The number of aromatic nitrogens is 2. The minimum Gasteiger partial charge on any atom is -0.376 e. The molecule has 0 radical (unpaired) electrons. The maximum atomic E-state index is 6.19. The summed E-state index contributed by atoms with van der Waals surface area (Å²) in [6.45, 7) is 2.12. The van der Waals surface area contributed by atoms with Gasteiger partial charge in [0.15, 0.2) is 10.9 Å². The van der Waals surface area contributed by atoms with Gasteiger partial charge in [0, 0.05) is 35.5 Å². The third kappa shape index (κ3) is 4.83. The number of hydrogen-bond acceptors (Lipinski definition) is 3. The van der Waals surface area contributed by atoms with Crippen LogP contribution < -0.4 is 10.6 Å². The van der Waals surface area contributed by atoms with Gasteiger partial charge in [-0.1, -0.05) is 29.3 Å². The van der Waals surface area contributed by atoms with Crippen molar-refractivity contribution in [1.29, 1.82) is 0 Å². The first-order valence-corrected chi connectivity index (χ1v) is 8.90. The number of halogens is 2. The molecule has 0 saturated carbocycles. The molecule has 1 atom stereocenters. The van der Waals surface area contributed by atoms with Gasteiger partial charge in [0.05, 0.1) is 12.6 Å². The smallest absolute Gasteiger partial charge is 0.172 e. The molecule has 1 unspecified atom stereocenters. The molecule has 2 N–H and O–H groups in total. The Morgan fingerprint density at radius 1 is 1.38 bits per heavy atom. The van der Waals surface area contributed by atoms with E-state index in [4.69, 9.17) is 40.2 Å². The zero-order valence-electron chi connectivity index (χ0n) is 13.0. The van der Waals surface area contributed by atoms with Crippen LogP contribution in [0.4, 0.5) is 5.82 Å². The van der Waals surface area contributed by atoms with E-state index in [0.29, 0.717) is 34.1 Å². The molecule has 5 nitrogen and oxygen atoms in total. The summed E-state index contributed by atoms with van der Waals surface area (Å²) < 4.78 is 7.34. The molecule has 8 heteroatoms. The standard InChI is InChI=1S/C16H18Cl2N4OS/c17-12-4-3-11(14(18)8-12)10-22-6-5-15(21-22)20-16(24)19-9-13-2-1-7-23-13/h3-6,8,13H,1-2,7,9-10H2,(H2,19,20,21,24). The lowest BCUT2D eigenvalue weighted by Crippen LogP contribution is -2.34. The Labute approximate surface area is 156 Å². The number of rotatable bonds is 5. The Bertz CT molecular complexity index is 716. The van der Waals surface area contributed by atoms with Crippen LogP contribution in [0.3, 0.4) is 0 Å². The number of benzene rings is 1. The molecule has 0 spiro atoms. The molecule has 1 aromatic carbocycles. The molecule has 3 rings (SSSR count). The van der Waals surface area contributed by atoms with E-state index in [1.54, 1.807) is 10.7 Å². The van der Waals surface area contributed by atoms with E-state index in [0.717, 1.165) is 25.0 Å². The number of thiocarbonyl (C=S) groups is 1. The van der Waals surface area contributed by atoms with Gasteiger partial charge in [0.1, 0.15) is 0 Å². The summed E-state index contributed by atoms with van der Waals surface area (Å²) in [5, 5.41) is 12.5. The highest BCUT2D eigenvalue weighted by molar-refractivity contribution is 7.80. The van der Waals surface area contributed by atoms with Crippen LogP contribution in [0.5, 0.6) is 0 Å². The first-order chi connectivity index (χ1) is 11.6. The zero-order valence-corrected chi connectivity index (χ0v) is 15.3. The lowest BCUT2D eigenvalue weighted by atomic mass is 10.2. The quantitative estimate of drug-likeness (QED) is 0.769. The molecule has 24 heavy (non-hydrogen) atoms. The number of ether oxygens (including phenoxy) is 1. The Morgan fingerprint density at radius 3 is 3.00 bits per heavy atom. The topological polar surface area (TPSA) is 51.1 Å². The van der Waals surface area contributed by atoms with Crippen LogP contribution in [0.15, 0.2) is 30.5 Å². The van der Waals surface area contributed by atoms with E-state index >= 15 is 0 Å². The lowest BCUT2D eigenvalue weighted by Gasteiger charge is -2.12. The van der Waals surface area contributed by atoms with Crippen molar-refractivity contribution in [2.75, 3.05) is 18.5 Å². The van der Waals surface area contributed by atoms with Crippen molar-refractivity contribution in [1.82, 2.24) is 15.1 Å². The average molecular weight is 385 g/mol. The summed E-state index contributed by atoms with van der Waals surface area (Å²) in [5.41, 5.74) is 0.954. The average Bonchev–Trinajstić information content (AvgIpc) is 3.20. The fourth-order valence-corrected chi connectivity index (χ4v) is 3.17. The summed E-state index contributed by atoms with van der Waals surface area (Å²) in [6, 6.07) is 7.30. The third-order valence-corrected chi connectivity index (χ3v) is 4.58. The van der Waals surface area contributed by atoms with Crippen LogP contribution in [0.1, 0.15) is 18.4 Å². The molecule has 1 saturated heterocycles. The van der Waals surface area contributed by atoms with Crippen LogP contribution in [-0.2, 0) is 11.3 Å². The van der Waals surface area contributed by atoms with E-state index in [9.17, 15) is 0 Å². The van der Waals surface area contributed by atoms with Crippen molar-refractivity contribution >= 4 is 46.4 Å². The number of nitrogens with one attached hydrogen (secondary N) is 2. The van der Waals surface area contributed by atoms with Crippen LogP contribution in [0, 0.1) is 0 Å². The second-order valence-corrected chi connectivity index (χ2v) is 6.86. The molecule has 128 valence electrons. The fourth-order valence-electron chi connectivity index (χ4n) is 2.51. The maximum absolute atomic E-state index is 6.19. The number of nitrogens with zero attached hydrogens (tertiary/aromatic N) is 2. The number of hydrogen-bond donors (Lipinski definition) is 2. The Balaban J connectivity index is 1.52. The van der Waals surface area contributed by atoms with Crippen molar-refractivity contribution in [3.8, 4) is 0 Å². The summed E-state index contributed by atoms with van der Waals surface area (Å²) in [4.78, 5) is 0. The summed E-state index contributed by atoms with van der Waals surface area (Å²) in [5.74, 6) is 0.685. The minimum atomic E-state index is 0.245. The molecule has 2 heterocycles. The van der Waals surface area contributed by atoms with Gasteiger partial charge in [0.25, 0.3) is 0 Å². The second-order valence-electron chi connectivity index (χ2n) is 5.60. The third-order valence-electron chi connectivity index (χ3n) is 3.74. The van der Waals surface area contributed by atoms with Gasteiger partial charge in [0.2, 0.25) is 0 Å². The SMILES string of the molecule is S=C(NCC1CCCO1)Nc1ccn(Cc2ccc(Cl)cc2Cl)n1. The Hall–Kier alpha value is -1.34. The van der Waals surface area contributed by atoms with Gasteiger partial charge in [-0.25, -0.2) is 0 Å². The number of anilines is 1. The predicted molar refractivity (Wildman–Crippen MR) is 101 cm³/mol. The second kappa shape index (κ2) is 8.16. The molecule has 0 amide bonds. The van der Waals surface area contributed by atoms with Gasteiger partial charge >= 0.3 is 0 Å². The van der Waals surface area contributed by atoms with Crippen LogP contribution >= 0.6 is 35.4 Å². The van der Waals surface area contributed by atoms with Crippen LogP contribution in [-0.4, -0.2) is 34.1 Å². The molecule has 0 aliphatic carbocycles. The van der Waals surface area contributed by atoms with E-state index in [-0.39, 0.29) is 6.10 Å². The zero-order chi connectivity index (χ0) is 16.9. The lowest BCUT2D eigenvalue weighted by molar-refractivity contribution is 0.114. The van der Waals surface area contributed by atoms with E-state index in [1.807, 2.05) is 24.4 Å². The van der Waals surface area contributed by atoms with E-state index < -0.39 is 0 Å². The highest BCUT2D eigenvalue weighted by Crippen LogP contribution is 2.21. The highest BCUT2D eigenvalue weighted by atomic mass is 35.5. The molecular formula is C16H18Cl2N4OS. The molecule has 1 aliphatic rings. The highest BCUT2D eigenvalue weighted by Gasteiger charge is 2.15. The minimum absolute atomic E-state index is 0.245. The Morgan fingerprint density at radius 2 is 2.25 bits per heavy atom. The van der Waals surface area contributed by atoms with Gasteiger partial charge in [-0.15, -0.1) is 0 Å². The first kappa shape index (κ1) is 17.5. The molecule has 1 aromatic heterocycles. The fraction of sp³-hybridized carbons (Fsp3) is 0.375. The molecular weight excluding hydrogens is 367 g/mol. The van der Waals surface area contributed by atoms with E-state index in [1.165, 1.54) is 0 Å². The summed E-state index contributed by atoms with van der Waals surface area (Å²) >= 11 is 17.4. The molecule has 0 bridgehead atoms. The molecule has 1 aliphatic heterocycles. The van der Waals surface area contributed by atoms with Crippen molar-refractivity contribution < 1.29 is 4.74 Å². The largest absolute Gasteiger partial charge is 0.376 e. The summed E-state index contributed by atoms with van der Waals surface area (Å²) in [6.07, 6.45) is 4.31. The van der Waals surface area contributed by atoms with Crippen molar-refractivity contribution in [2.24, 2.45) is 0 Å². The molecule has 1 fully saturated rings. The van der Waals surface area contributed by atoms with Crippen molar-refractivity contribution in [2.45, 2.75) is 25.5 Å². The van der Waals surface area contributed by atoms with Crippen molar-refractivity contribution in [3.63, 3.8) is 0 Å². The molecule has 2 aromatic rings. The van der Waals surface area contributed by atoms with Gasteiger partial charge in [-0.2, -0.15) is 5.10 Å². The predicted octanol–water partition coefficient (Wildman–Crippen LogP) is 3.70. The van der Waals surface area contributed by atoms with Gasteiger partial charge < -0.3 is 15.4 Å². The van der Waals surface area contributed by atoms with Crippen LogP contribution in [0.2, 0.25) is 10.0 Å². The van der Waals surface area contributed by atoms with Crippen molar-refractivity contribution in [3.05, 3.63) is 46.1 Å². The first-order valence-electron chi connectivity index (χ1n) is 7.74. The normalized spacial score (nSPS) is 17.0. The Kier molecular flexibility index (Phi) is 5.94. The van der Waals surface area contributed by atoms with Gasteiger partial charge in [-0.3, -0.25) is 4.68 Å². The maximum Gasteiger partial charge on any atom is 0.172 e. The van der Waals surface area contributed by atoms with Crippen LogP contribution in [0.25, 0.3) is 0 Å². The van der Waals surface area contributed by atoms with Gasteiger partial charge in [-0.05, 0) is 42.8 Å².